The minimum Gasteiger partial charge on any atom is -0.388 e. The van der Waals surface area contributed by atoms with Gasteiger partial charge in [0.05, 0.1) is 6.10 Å². The number of benzene rings is 1. The van der Waals surface area contributed by atoms with E-state index in [0.29, 0.717) is 11.8 Å². The number of rotatable bonds is 2. The molecule has 0 spiro atoms. The molecular weight excluding hydrogens is 208 g/mol. The normalized spacial score (nSPS) is 29.9. The SMILES string of the molecule is C[C@H]1CCCC(C)(C)[C@@H]1[C@H](O)c1ccccc1. The lowest BCUT2D eigenvalue weighted by atomic mass is 9.61. The Morgan fingerprint density at radius 3 is 2.47 bits per heavy atom. The lowest BCUT2D eigenvalue weighted by molar-refractivity contribution is -0.0292. The monoisotopic (exact) mass is 232 g/mol. The average molecular weight is 232 g/mol. The largest absolute Gasteiger partial charge is 0.388 e. The van der Waals surface area contributed by atoms with Crippen molar-refractivity contribution < 1.29 is 5.11 Å². The smallest absolute Gasteiger partial charge is 0.0825 e. The zero-order valence-electron chi connectivity index (χ0n) is 11.2. The first-order valence-electron chi connectivity index (χ1n) is 6.75. The third-order valence-electron chi connectivity index (χ3n) is 4.48. The van der Waals surface area contributed by atoms with E-state index in [0.717, 1.165) is 5.56 Å². The van der Waals surface area contributed by atoms with Crippen LogP contribution in [0.1, 0.15) is 51.7 Å². The molecule has 1 aromatic carbocycles. The van der Waals surface area contributed by atoms with Crippen LogP contribution >= 0.6 is 0 Å². The van der Waals surface area contributed by atoms with Gasteiger partial charge in [-0.3, -0.25) is 0 Å². The maximum absolute atomic E-state index is 10.7. The average Bonchev–Trinajstić information content (AvgIpc) is 2.28. The molecule has 1 aliphatic carbocycles. The van der Waals surface area contributed by atoms with Gasteiger partial charge in [-0.1, -0.05) is 63.9 Å². The Morgan fingerprint density at radius 2 is 1.88 bits per heavy atom. The van der Waals surface area contributed by atoms with Crippen LogP contribution in [0.2, 0.25) is 0 Å². The zero-order chi connectivity index (χ0) is 12.5. The Balaban J connectivity index is 2.25. The molecule has 0 aliphatic heterocycles. The fourth-order valence-corrected chi connectivity index (χ4v) is 3.59. The molecule has 1 fully saturated rings. The first-order chi connectivity index (χ1) is 8.02. The van der Waals surface area contributed by atoms with E-state index in [1.54, 1.807) is 0 Å². The minimum absolute atomic E-state index is 0.243. The molecule has 0 heterocycles. The summed E-state index contributed by atoms with van der Waals surface area (Å²) < 4.78 is 0. The molecule has 1 N–H and O–H groups in total. The highest BCUT2D eigenvalue weighted by atomic mass is 16.3. The summed E-state index contributed by atoms with van der Waals surface area (Å²) in [4.78, 5) is 0. The van der Waals surface area contributed by atoms with E-state index < -0.39 is 0 Å². The summed E-state index contributed by atoms with van der Waals surface area (Å²) in [5, 5.41) is 10.7. The predicted molar refractivity (Wildman–Crippen MR) is 71.7 cm³/mol. The lowest BCUT2D eigenvalue weighted by Gasteiger charge is -2.45. The molecule has 94 valence electrons. The van der Waals surface area contributed by atoms with Crippen molar-refractivity contribution >= 4 is 0 Å². The third kappa shape index (κ3) is 2.55. The van der Waals surface area contributed by atoms with Crippen molar-refractivity contribution in [3.8, 4) is 0 Å². The Kier molecular flexibility index (Phi) is 3.58. The summed E-state index contributed by atoms with van der Waals surface area (Å²) >= 11 is 0. The summed E-state index contributed by atoms with van der Waals surface area (Å²) in [5.74, 6) is 0.979. The number of hydrogen-bond acceptors (Lipinski definition) is 1. The maximum Gasteiger partial charge on any atom is 0.0825 e. The topological polar surface area (TPSA) is 20.2 Å². The second-order valence-electron chi connectivity index (χ2n) is 6.24. The van der Waals surface area contributed by atoms with Crippen LogP contribution in [0.3, 0.4) is 0 Å². The van der Waals surface area contributed by atoms with E-state index in [4.69, 9.17) is 0 Å². The molecule has 0 aromatic heterocycles. The van der Waals surface area contributed by atoms with Gasteiger partial charge in [-0.15, -0.1) is 0 Å². The van der Waals surface area contributed by atoms with Gasteiger partial charge in [0.15, 0.2) is 0 Å². The van der Waals surface area contributed by atoms with Gasteiger partial charge in [-0.25, -0.2) is 0 Å². The Bertz CT molecular complexity index is 355. The second kappa shape index (κ2) is 4.81. The second-order valence-corrected chi connectivity index (χ2v) is 6.24. The van der Waals surface area contributed by atoms with E-state index in [9.17, 15) is 5.11 Å². The zero-order valence-corrected chi connectivity index (χ0v) is 11.2. The van der Waals surface area contributed by atoms with Crippen molar-refractivity contribution in [3.05, 3.63) is 35.9 Å². The van der Waals surface area contributed by atoms with E-state index in [2.05, 4.69) is 20.8 Å². The first-order valence-corrected chi connectivity index (χ1v) is 6.75. The van der Waals surface area contributed by atoms with Crippen LogP contribution in [-0.2, 0) is 0 Å². The van der Waals surface area contributed by atoms with E-state index in [-0.39, 0.29) is 11.5 Å². The molecule has 2 rings (SSSR count). The van der Waals surface area contributed by atoms with Gasteiger partial charge in [0, 0.05) is 0 Å². The number of aliphatic hydroxyl groups is 1. The van der Waals surface area contributed by atoms with Gasteiger partial charge in [0.1, 0.15) is 0 Å². The van der Waals surface area contributed by atoms with Gasteiger partial charge in [-0.05, 0) is 29.2 Å². The molecule has 1 aromatic rings. The molecule has 1 aliphatic rings. The quantitative estimate of drug-likeness (QED) is 0.811. The van der Waals surface area contributed by atoms with Crippen molar-refractivity contribution in [2.45, 2.75) is 46.1 Å². The minimum atomic E-state index is -0.318. The molecule has 17 heavy (non-hydrogen) atoms. The lowest BCUT2D eigenvalue weighted by Crippen LogP contribution is -2.37. The fraction of sp³-hybridized carbons (Fsp3) is 0.625. The summed E-state index contributed by atoms with van der Waals surface area (Å²) in [6.07, 6.45) is 3.46. The predicted octanol–water partition coefficient (Wildman–Crippen LogP) is 4.18. The standard InChI is InChI=1S/C16H24O/c1-12-8-7-11-16(2,3)14(12)15(17)13-9-5-4-6-10-13/h4-6,9-10,12,14-15,17H,7-8,11H2,1-3H3/t12-,14-,15+/m0/s1. The summed E-state index contributed by atoms with van der Waals surface area (Å²) in [6, 6.07) is 10.1. The van der Waals surface area contributed by atoms with Crippen LogP contribution in [0.4, 0.5) is 0 Å². The van der Waals surface area contributed by atoms with Crippen molar-refractivity contribution in [2.75, 3.05) is 0 Å². The highest BCUT2D eigenvalue weighted by molar-refractivity contribution is 5.19. The molecular formula is C16H24O. The molecule has 0 unspecified atom stereocenters. The molecule has 0 bridgehead atoms. The summed E-state index contributed by atoms with van der Waals surface area (Å²) in [6.45, 7) is 6.90. The van der Waals surface area contributed by atoms with Gasteiger partial charge in [-0.2, -0.15) is 0 Å². The third-order valence-corrected chi connectivity index (χ3v) is 4.48. The molecule has 1 heteroatoms. The van der Waals surface area contributed by atoms with E-state index in [1.807, 2.05) is 30.3 Å². The maximum atomic E-state index is 10.7. The summed E-state index contributed by atoms with van der Waals surface area (Å²) in [7, 11) is 0. The Morgan fingerprint density at radius 1 is 1.24 bits per heavy atom. The van der Waals surface area contributed by atoms with Gasteiger partial charge < -0.3 is 5.11 Å². The summed E-state index contributed by atoms with van der Waals surface area (Å²) in [5.41, 5.74) is 1.31. The van der Waals surface area contributed by atoms with Crippen LogP contribution in [0, 0.1) is 17.3 Å². The Labute approximate surface area is 105 Å². The van der Waals surface area contributed by atoms with E-state index >= 15 is 0 Å². The molecule has 0 amide bonds. The van der Waals surface area contributed by atoms with Crippen LogP contribution < -0.4 is 0 Å². The van der Waals surface area contributed by atoms with Crippen molar-refractivity contribution in [2.24, 2.45) is 17.3 Å². The first kappa shape index (κ1) is 12.6. The van der Waals surface area contributed by atoms with Gasteiger partial charge in [0.2, 0.25) is 0 Å². The molecule has 3 atom stereocenters. The highest BCUT2D eigenvalue weighted by Gasteiger charge is 2.41. The molecule has 0 saturated heterocycles. The van der Waals surface area contributed by atoms with E-state index in [1.165, 1.54) is 19.3 Å². The number of aliphatic hydroxyl groups excluding tert-OH is 1. The van der Waals surface area contributed by atoms with Crippen LogP contribution in [0.25, 0.3) is 0 Å². The highest BCUT2D eigenvalue weighted by Crippen LogP contribution is 2.49. The molecule has 1 saturated carbocycles. The fourth-order valence-electron chi connectivity index (χ4n) is 3.59. The van der Waals surface area contributed by atoms with Gasteiger partial charge >= 0.3 is 0 Å². The van der Waals surface area contributed by atoms with Crippen molar-refractivity contribution in [3.63, 3.8) is 0 Å². The van der Waals surface area contributed by atoms with Crippen LogP contribution in [0.15, 0.2) is 30.3 Å². The number of hydrogen-bond donors (Lipinski definition) is 1. The van der Waals surface area contributed by atoms with Crippen LogP contribution in [0.5, 0.6) is 0 Å². The Hall–Kier alpha value is -0.820. The van der Waals surface area contributed by atoms with Crippen molar-refractivity contribution in [1.29, 1.82) is 0 Å². The van der Waals surface area contributed by atoms with Crippen LogP contribution in [-0.4, -0.2) is 5.11 Å². The molecule has 0 radical (unpaired) electrons. The molecule has 1 nitrogen and oxygen atoms in total. The van der Waals surface area contributed by atoms with Crippen molar-refractivity contribution in [1.82, 2.24) is 0 Å². The van der Waals surface area contributed by atoms with Gasteiger partial charge in [0.25, 0.3) is 0 Å².